The van der Waals surface area contributed by atoms with Gasteiger partial charge in [-0.25, -0.2) is 13.8 Å². The summed E-state index contributed by atoms with van der Waals surface area (Å²) in [5.74, 6) is -1.77. The number of hydrogen-bond acceptors (Lipinski definition) is 2. The molecular weight excluding hydrogens is 437 g/mol. The number of halogens is 6. The Kier molecular flexibility index (Phi) is 5.96. The molecule has 0 amide bonds. The molecule has 9 heteroatoms. The molecule has 4 atom stereocenters. The first-order chi connectivity index (χ1) is 14.6. The Morgan fingerprint density at radius 3 is 2.48 bits per heavy atom. The fourth-order valence-corrected chi connectivity index (χ4v) is 4.60. The van der Waals surface area contributed by atoms with Crippen LogP contribution in [0.1, 0.15) is 37.4 Å². The summed E-state index contributed by atoms with van der Waals surface area (Å²) >= 11 is 5.80. The maximum Gasteiger partial charge on any atom is 0.407 e. The zero-order valence-electron chi connectivity index (χ0n) is 16.6. The van der Waals surface area contributed by atoms with Crippen molar-refractivity contribution < 1.29 is 22.0 Å². The predicted octanol–water partition coefficient (Wildman–Crippen LogP) is 6.45. The molecule has 0 saturated heterocycles. The molecular formula is C22H21ClF5N3. The highest BCUT2D eigenvalue weighted by molar-refractivity contribution is 6.30. The molecule has 0 radical (unpaired) electrons. The fraction of sp³-hybridized carbons (Fsp3) is 0.409. The molecule has 1 N–H and O–H groups in total. The number of imidazole rings is 1. The van der Waals surface area contributed by atoms with Crippen LogP contribution in [0.3, 0.4) is 0 Å². The van der Waals surface area contributed by atoms with Crippen LogP contribution in [0, 0.1) is 23.5 Å². The second-order valence-electron chi connectivity index (χ2n) is 8.20. The summed E-state index contributed by atoms with van der Waals surface area (Å²) in [6, 6.07) is 5.97. The minimum Gasteiger partial charge on any atom is -0.327 e. The molecule has 1 aliphatic carbocycles. The highest BCUT2D eigenvalue weighted by Gasteiger charge is 2.42. The Labute approximate surface area is 181 Å². The van der Waals surface area contributed by atoms with Crippen molar-refractivity contribution in [1.82, 2.24) is 14.9 Å². The lowest BCUT2D eigenvalue weighted by Crippen LogP contribution is -2.37. The van der Waals surface area contributed by atoms with E-state index in [1.165, 1.54) is 24.3 Å². The summed E-state index contributed by atoms with van der Waals surface area (Å²) < 4.78 is 69.9. The molecule has 166 valence electrons. The SMILES string of the molecule is CC1CC(n2cnc3cc(F)c(F)cc32)CC1CNC(c1ccc(Cl)cc1)C(F)(F)F. The summed E-state index contributed by atoms with van der Waals surface area (Å²) in [5.41, 5.74) is 0.948. The molecule has 0 spiro atoms. The minimum atomic E-state index is -4.45. The van der Waals surface area contributed by atoms with Crippen LogP contribution in [0.2, 0.25) is 5.02 Å². The monoisotopic (exact) mass is 457 g/mol. The van der Waals surface area contributed by atoms with Crippen LogP contribution >= 0.6 is 11.6 Å². The Morgan fingerprint density at radius 2 is 1.81 bits per heavy atom. The number of alkyl halides is 3. The summed E-state index contributed by atoms with van der Waals surface area (Å²) in [4.78, 5) is 4.15. The van der Waals surface area contributed by atoms with E-state index < -0.39 is 23.9 Å². The van der Waals surface area contributed by atoms with Crippen molar-refractivity contribution in [3.8, 4) is 0 Å². The first-order valence-electron chi connectivity index (χ1n) is 10.0. The Balaban J connectivity index is 1.49. The van der Waals surface area contributed by atoms with Crippen LogP contribution in [-0.4, -0.2) is 22.3 Å². The van der Waals surface area contributed by atoms with Gasteiger partial charge in [-0.1, -0.05) is 30.7 Å². The summed E-state index contributed by atoms with van der Waals surface area (Å²) in [6.45, 7) is 2.18. The van der Waals surface area contributed by atoms with Crippen LogP contribution in [0.15, 0.2) is 42.7 Å². The normalized spacial score (nSPS) is 22.9. The summed E-state index contributed by atoms with van der Waals surface area (Å²) in [5, 5.41) is 3.06. The molecule has 4 rings (SSSR count). The fourth-order valence-electron chi connectivity index (χ4n) is 4.47. The molecule has 1 fully saturated rings. The molecule has 1 heterocycles. The van der Waals surface area contributed by atoms with Crippen LogP contribution in [-0.2, 0) is 0 Å². The number of nitrogens with one attached hydrogen (secondary N) is 1. The third-order valence-corrected chi connectivity index (χ3v) is 6.40. The number of fused-ring (bicyclic) bond motifs is 1. The standard InChI is InChI=1S/C22H21ClF5N3/c1-12-6-16(31-11-30-19-8-17(24)18(25)9-20(19)31)7-14(12)10-29-21(22(26,27)28)13-2-4-15(23)5-3-13/h2-5,8-9,11-12,14,16,21,29H,6-7,10H2,1H3. The quantitative estimate of drug-likeness (QED) is 0.446. The molecule has 3 aromatic rings. The van der Waals surface area contributed by atoms with Gasteiger partial charge in [0, 0.05) is 23.2 Å². The first kappa shape index (κ1) is 22.0. The van der Waals surface area contributed by atoms with Crippen molar-refractivity contribution >= 4 is 22.6 Å². The molecule has 1 aromatic heterocycles. The Bertz CT molecular complexity index is 1060. The van der Waals surface area contributed by atoms with Crippen molar-refractivity contribution in [1.29, 1.82) is 0 Å². The number of aromatic nitrogens is 2. The van der Waals surface area contributed by atoms with Gasteiger partial charge in [0.15, 0.2) is 11.6 Å². The maximum absolute atomic E-state index is 13.7. The van der Waals surface area contributed by atoms with Crippen molar-refractivity contribution in [3.63, 3.8) is 0 Å². The predicted molar refractivity (Wildman–Crippen MR) is 109 cm³/mol. The van der Waals surface area contributed by atoms with Gasteiger partial charge in [0.05, 0.1) is 17.4 Å². The van der Waals surface area contributed by atoms with E-state index in [0.717, 1.165) is 12.1 Å². The average Bonchev–Trinajstić information content (AvgIpc) is 3.26. The molecule has 1 saturated carbocycles. The number of hydrogen-bond donors (Lipinski definition) is 1. The van der Waals surface area contributed by atoms with Gasteiger partial charge in [-0.05, 0) is 48.9 Å². The van der Waals surface area contributed by atoms with E-state index in [1.807, 2.05) is 6.92 Å². The first-order valence-corrected chi connectivity index (χ1v) is 10.4. The third-order valence-electron chi connectivity index (χ3n) is 6.15. The van der Waals surface area contributed by atoms with Gasteiger partial charge in [0.2, 0.25) is 0 Å². The smallest absolute Gasteiger partial charge is 0.327 e. The van der Waals surface area contributed by atoms with Crippen molar-refractivity contribution in [2.24, 2.45) is 11.8 Å². The van der Waals surface area contributed by atoms with E-state index >= 15 is 0 Å². The van der Waals surface area contributed by atoms with E-state index in [9.17, 15) is 22.0 Å². The van der Waals surface area contributed by atoms with E-state index in [0.29, 0.717) is 28.9 Å². The zero-order chi connectivity index (χ0) is 22.3. The van der Waals surface area contributed by atoms with Crippen molar-refractivity contribution in [2.75, 3.05) is 6.54 Å². The number of rotatable bonds is 5. The topological polar surface area (TPSA) is 29.9 Å². The molecule has 2 aromatic carbocycles. The van der Waals surface area contributed by atoms with Crippen molar-refractivity contribution in [2.45, 2.75) is 38.0 Å². The van der Waals surface area contributed by atoms with Gasteiger partial charge >= 0.3 is 6.18 Å². The van der Waals surface area contributed by atoms with Crippen LogP contribution in [0.5, 0.6) is 0 Å². The lowest BCUT2D eigenvalue weighted by atomic mass is 9.97. The van der Waals surface area contributed by atoms with Gasteiger partial charge < -0.3 is 9.88 Å². The summed E-state index contributed by atoms with van der Waals surface area (Å²) in [7, 11) is 0. The lowest BCUT2D eigenvalue weighted by Gasteiger charge is -2.25. The highest BCUT2D eigenvalue weighted by Crippen LogP contribution is 2.41. The van der Waals surface area contributed by atoms with Crippen LogP contribution < -0.4 is 5.32 Å². The summed E-state index contributed by atoms with van der Waals surface area (Å²) in [6.07, 6.45) is -1.57. The lowest BCUT2D eigenvalue weighted by molar-refractivity contribution is -0.158. The number of benzene rings is 2. The van der Waals surface area contributed by atoms with Crippen LogP contribution in [0.4, 0.5) is 22.0 Å². The molecule has 4 unspecified atom stereocenters. The molecule has 31 heavy (non-hydrogen) atoms. The minimum absolute atomic E-state index is 0.00936. The number of nitrogens with zero attached hydrogens (tertiary/aromatic N) is 2. The van der Waals surface area contributed by atoms with Crippen LogP contribution in [0.25, 0.3) is 11.0 Å². The highest BCUT2D eigenvalue weighted by atomic mass is 35.5. The van der Waals surface area contributed by atoms with Gasteiger partial charge in [0.1, 0.15) is 6.04 Å². The largest absolute Gasteiger partial charge is 0.407 e. The van der Waals surface area contributed by atoms with Gasteiger partial charge in [0.25, 0.3) is 0 Å². The van der Waals surface area contributed by atoms with Gasteiger partial charge in [-0.2, -0.15) is 13.2 Å². The van der Waals surface area contributed by atoms with E-state index in [4.69, 9.17) is 11.6 Å². The van der Waals surface area contributed by atoms with E-state index in [2.05, 4.69) is 10.3 Å². The zero-order valence-corrected chi connectivity index (χ0v) is 17.4. The average molecular weight is 458 g/mol. The van der Waals surface area contributed by atoms with Gasteiger partial charge in [-0.15, -0.1) is 0 Å². The van der Waals surface area contributed by atoms with Crippen molar-refractivity contribution in [3.05, 3.63) is 64.9 Å². The Hall–Kier alpha value is -2.19. The Morgan fingerprint density at radius 1 is 1.13 bits per heavy atom. The molecule has 3 nitrogen and oxygen atoms in total. The second-order valence-corrected chi connectivity index (χ2v) is 8.64. The van der Waals surface area contributed by atoms with E-state index in [1.54, 1.807) is 10.9 Å². The maximum atomic E-state index is 13.7. The molecule has 0 bridgehead atoms. The third kappa shape index (κ3) is 4.55. The molecule has 1 aliphatic rings. The van der Waals surface area contributed by atoms with Gasteiger partial charge in [-0.3, -0.25) is 0 Å². The molecule has 0 aliphatic heterocycles. The second kappa shape index (κ2) is 8.39. The van der Waals surface area contributed by atoms with E-state index in [-0.39, 0.29) is 30.0 Å².